The van der Waals surface area contributed by atoms with Crippen molar-refractivity contribution in [2.75, 3.05) is 18.4 Å². The van der Waals surface area contributed by atoms with E-state index in [0.29, 0.717) is 12.1 Å². The first-order valence-electron chi connectivity index (χ1n) is 9.66. The molecular weight excluding hydrogens is 316 g/mol. The normalized spacial score (nSPS) is 27.7. The summed E-state index contributed by atoms with van der Waals surface area (Å²) in [6, 6.07) is 1.27. The van der Waals surface area contributed by atoms with E-state index in [9.17, 15) is 0 Å². The van der Waals surface area contributed by atoms with E-state index in [0.717, 1.165) is 5.82 Å². The van der Waals surface area contributed by atoms with Gasteiger partial charge in [-0.1, -0.05) is 12.8 Å². The molecule has 2 atom stereocenters. The predicted octanol–water partition coefficient (Wildman–Crippen LogP) is 4.00. The maximum Gasteiger partial charge on any atom is 0.138 e. The van der Waals surface area contributed by atoms with E-state index in [4.69, 9.17) is 0 Å². The van der Waals surface area contributed by atoms with Crippen LogP contribution in [0.2, 0.25) is 0 Å². The molecule has 4 nitrogen and oxygen atoms in total. The molecule has 5 heteroatoms. The Bertz CT molecular complexity index is 740. The number of piperidine rings is 1. The summed E-state index contributed by atoms with van der Waals surface area (Å²) < 4.78 is 0. The number of hydrogen-bond donors (Lipinski definition) is 1. The van der Waals surface area contributed by atoms with Crippen LogP contribution in [0.15, 0.2) is 6.33 Å². The van der Waals surface area contributed by atoms with Gasteiger partial charge in [-0.2, -0.15) is 0 Å². The molecule has 1 aliphatic carbocycles. The molecule has 2 aromatic rings. The van der Waals surface area contributed by atoms with Crippen molar-refractivity contribution in [3.05, 3.63) is 16.8 Å². The zero-order chi connectivity index (χ0) is 15.9. The van der Waals surface area contributed by atoms with Crippen LogP contribution >= 0.6 is 11.3 Å². The first kappa shape index (κ1) is 15.1. The van der Waals surface area contributed by atoms with Gasteiger partial charge < -0.3 is 5.32 Å². The van der Waals surface area contributed by atoms with Crippen molar-refractivity contribution in [2.45, 2.75) is 69.9 Å². The van der Waals surface area contributed by atoms with Crippen LogP contribution in [0.5, 0.6) is 0 Å². The molecule has 0 spiro atoms. The van der Waals surface area contributed by atoms with Crippen LogP contribution in [-0.2, 0) is 12.8 Å². The fourth-order valence-electron chi connectivity index (χ4n) is 4.97. The third-order valence-electron chi connectivity index (χ3n) is 6.18. The van der Waals surface area contributed by atoms with Gasteiger partial charge in [0.25, 0.3) is 0 Å². The van der Waals surface area contributed by atoms with Crippen molar-refractivity contribution in [3.63, 3.8) is 0 Å². The number of hydrogen-bond acceptors (Lipinski definition) is 5. The van der Waals surface area contributed by atoms with Gasteiger partial charge in [-0.25, -0.2) is 9.97 Å². The summed E-state index contributed by atoms with van der Waals surface area (Å²) in [5, 5.41) is 5.19. The minimum atomic E-state index is 0.560. The molecule has 2 aliphatic heterocycles. The van der Waals surface area contributed by atoms with Crippen molar-refractivity contribution >= 4 is 27.4 Å². The number of rotatable bonds is 2. The lowest BCUT2D eigenvalue weighted by molar-refractivity contribution is 0.192. The van der Waals surface area contributed by atoms with E-state index in [1.54, 1.807) is 16.8 Å². The highest BCUT2D eigenvalue weighted by molar-refractivity contribution is 7.18. The van der Waals surface area contributed by atoms with E-state index >= 15 is 0 Å². The molecule has 3 aliphatic rings. The Morgan fingerprint density at radius 2 is 1.96 bits per heavy atom. The Morgan fingerprint density at radius 1 is 1.00 bits per heavy atom. The maximum atomic E-state index is 4.68. The molecule has 0 amide bonds. The van der Waals surface area contributed by atoms with Crippen molar-refractivity contribution < 1.29 is 0 Å². The lowest BCUT2D eigenvalue weighted by atomic mass is 9.99. The zero-order valence-corrected chi connectivity index (χ0v) is 15.1. The Morgan fingerprint density at radius 3 is 2.96 bits per heavy atom. The van der Waals surface area contributed by atoms with Crippen LogP contribution in [-0.4, -0.2) is 40.0 Å². The van der Waals surface area contributed by atoms with E-state index < -0.39 is 0 Å². The highest BCUT2D eigenvalue weighted by Crippen LogP contribution is 2.38. The molecule has 5 rings (SSSR count). The molecular formula is C19H26N4S. The lowest BCUT2D eigenvalue weighted by Crippen LogP contribution is -2.41. The number of nitrogens with zero attached hydrogens (tertiary/aromatic N) is 3. The SMILES string of the molecule is c1nc(N[C@@H]2CCN3CCCC[C@H]23)c2c3c(sc2n1)CCCCC3. The highest BCUT2D eigenvalue weighted by Gasteiger charge is 2.36. The van der Waals surface area contributed by atoms with Gasteiger partial charge in [0.1, 0.15) is 17.0 Å². The van der Waals surface area contributed by atoms with Crippen LogP contribution in [0.25, 0.3) is 10.2 Å². The summed E-state index contributed by atoms with van der Waals surface area (Å²) in [4.78, 5) is 14.7. The topological polar surface area (TPSA) is 41.1 Å². The third-order valence-corrected chi connectivity index (χ3v) is 7.38. The second-order valence-corrected chi connectivity index (χ2v) is 8.69. The van der Waals surface area contributed by atoms with Crippen LogP contribution in [0, 0.1) is 0 Å². The van der Waals surface area contributed by atoms with Crippen LogP contribution in [0.3, 0.4) is 0 Å². The van der Waals surface area contributed by atoms with E-state index in [1.807, 2.05) is 11.3 Å². The molecule has 0 aromatic carbocycles. The lowest BCUT2D eigenvalue weighted by Gasteiger charge is -2.32. The maximum absolute atomic E-state index is 4.68. The van der Waals surface area contributed by atoms with Crippen LogP contribution < -0.4 is 5.32 Å². The molecule has 0 bridgehead atoms. The summed E-state index contributed by atoms with van der Waals surface area (Å²) in [5.74, 6) is 1.11. The second-order valence-electron chi connectivity index (χ2n) is 7.61. The average molecular weight is 343 g/mol. The Balaban J connectivity index is 1.49. The van der Waals surface area contributed by atoms with Gasteiger partial charge in [0, 0.05) is 23.5 Å². The highest BCUT2D eigenvalue weighted by atomic mass is 32.1. The van der Waals surface area contributed by atoms with Gasteiger partial charge in [-0.15, -0.1) is 11.3 Å². The molecule has 2 saturated heterocycles. The molecule has 4 heterocycles. The molecule has 0 unspecified atom stereocenters. The van der Waals surface area contributed by atoms with E-state index in [2.05, 4.69) is 20.2 Å². The first-order valence-corrected chi connectivity index (χ1v) is 10.5. The standard InChI is InChI=1S/C19H26N4S/c1-2-6-13-16(8-3-1)24-19-17(13)18(20-12-21-19)22-14-9-11-23-10-5-4-7-15(14)23/h12,14-15H,1-11H2,(H,20,21,22)/t14-,15-/m1/s1. The van der Waals surface area contributed by atoms with Crippen LogP contribution in [0.4, 0.5) is 5.82 Å². The van der Waals surface area contributed by atoms with Crippen molar-refractivity contribution in [2.24, 2.45) is 0 Å². The van der Waals surface area contributed by atoms with Gasteiger partial charge in [-0.05, 0) is 57.1 Å². The molecule has 2 fully saturated rings. The number of aromatic nitrogens is 2. The molecule has 2 aromatic heterocycles. The Kier molecular flexibility index (Phi) is 3.94. The molecule has 0 radical (unpaired) electrons. The van der Waals surface area contributed by atoms with Gasteiger partial charge in [0.15, 0.2) is 0 Å². The number of fused-ring (bicyclic) bond motifs is 4. The minimum absolute atomic E-state index is 0.560. The summed E-state index contributed by atoms with van der Waals surface area (Å²) in [5.41, 5.74) is 1.55. The second kappa shape index (κ2) is 6.26. The van der Waals surface area contributed by atoms with Gasteiger partial charge in [-0.3, -0.25) is 4.90 Å². The summed E-state index contributed by atoms with van der Waals surface area (Å²) in [6.07, 6.45) is 13.5. The summed E-state index contributed by atoms with van der Waals surface area (Å²) in [6.45, 7) is 2.54. The molecule has 0 saturated carbocycles. The predicted molar refractivity (Wildman–Crippen MR) is 99.9 cm³/mol. The fraction of sp³-hybridized carbons (Fsp3) is 0.684. The van der Waals surface area contributed by atoms with Gasteiger partial charge in [0.05, 0.1) is 5.39 Å². The Hall–Kier alpha value is -1.20. The van der Waals surface area contributed by atoms with Crippen molar-refractivity contribution in [1.29, 1.82) is 0 Å². The van der Waals surface area contributed by atoms with E-state index in [-0.39, 0.29) is 0 Å². The largest absolute Gasteiger partial charge is 0.365 e. The number of aryl methyl sites for hydroxylation is 2. The smallest absolute Gasteiger partial charge is 0.138 e. The summed E-state index contributed by atoms with van der Waals surface area (Å²) in [7, 11) is 0. The zero-order valence-electron chi connectivity index (χ0n) is 14.3. The van der Waals surface area contributed by atoms with Crippen molar-refractivity contribution in [3.8, 4) is 0 Å². The van der Waals surface area contributed by atoms with Gasteiger partial charge >= 0.3 is 0 Å². The first-order chi connectivity index (χ1) is 11.9. The van der Waals surface area contributed by atoms with E-state index in [1.165, 1.54) is 81.1 Å². The quantitative estimate of drug-likeness (QED) is 0.838. The van der Waals surface area contributed by atoms with Crippen molar-refractivity contribution in [1.82, 2.24) is 14.9 Å². The average Bonchev–Trinajstić information content (AvgIpc) is 3.10. The molecule has 128 valence electrons. The Labute approximate surface area is 147 Å². The number of thiophene rings is 1. The number of nitrogens with one attached hydrogen (secondary N) is 1. The number of anilines is 1. The van der Waals surface area contributed by atoms with Gasteiger partial charge in [0.2, 0.25) is 0 Å². The third kappa shape index (κ3) is 2.53. The minimum Gasteiger partial charge on any atom is -0.365 e. The molecule has 1 N–H and O–H groups in total. The monoisotopic (exact) mass is 342 g/mol. The fourth-order valence-corrected chi connectivity index (χ4v) is 6.20. The van der Waals surface area contributed by atoms with Crippen LogP contribution in [0.1, 0.15) is 55.4 Å². The summed E-state index contributed by atoms with van der Waals surface area (Å²) >= 11 is 1.91. The molecule has 24 heavy (non-hydrogen) atoms.